The lowest BCUT2D eigenvalue weighted by atomic mass is 10.1. The number of hydrogen-bond donors (Lipinski definition) is 2. The van der Waals surface area contributed by atoms with Crippen LogP contribution in [0.5, 0.6) is 5.75 Å². The van der Waals surface area contributed by atoms with Crippen LogP contribution in [0, 0.1) is 0 Å². The van der Waals surface area contributed by atoms with Crippen molar-refractivity contribution in [3.63, 3.8) is 0 Å². The van der Waals surface area contributed by atoms with E-state index in [2.05, 4.69) is 21.2 Å². The summed E-state index contributed by atoms with van der Waals surface area (Å²) in [5.41, 5.74) is 6.40. The first-order chi connectivity index (χ1) is 12.5. The Bertz CT molecular complexity index is 819. The number of nitrogens with two attached hydrogens (primary N) is 1. The van der Waals surface area contributed by atoms with Gasteiger partial charge in [-0.25, -0.2) is 0 Å². The van der Waals surface area contributed by atoms with Gasteiger partial charge in [-0.15, -0.1) is 0 Å². The molecule has 1 atom stereocenters. The van der Waals surface area contributed by atoms with Crippen LogP contribution in [0.4, 0.5) is 5.69 Å². The van der Waals surface area contributed by atoms with E-state index in [4.69, 9.17) is 15.2 Å². The molecule has 0 saturated carbocycles. The van der Waals surface area contributed by atoms with Gasteiger partial charge in [0, 0.05) is 12.2 Å². The molecule has 1 heterocycles. The Morgan fingerprint density at radius 3 is 2.77 bits per heavy atom. The smallest absolute Gasteiger partial charge is 0.255 e. The Balaban J connectivity index is 1.68. The van der Waals surface area contributed by atoms with E-state index >= 15 is 0 Å². The summed E-state index contributed by atoms with van der Waals surface area (Å²) in [6, 6.07) is 11.7. The SMILES string of the molecule is NC(=O)c1ccccc1NC(=O)c1ccc(OC[C@H]2CCCO2)c(Br)c1. The van der Waals surface area contributed by atoms with E-state index in [9.17, 15) is 9.59 Å². The van der Waals surface area contributed by atoms with Gasteiger partial charge in [-0.1, -0.05) is 12.1 Å². The lowest BCUT2D eigenvalue weighted by Crippen LogP contribution is -2.18. The molecule has 2 aromatic rings. The Labute approximate surface area is 159 Å². The molecular formula is C19H19BrN2O4. The Morgan fingerprint density at radius 1 is 1.27 bits per heavy atom. The fourth-order valence-corrected chi connectivity index (χ4v) is 3.21. The van der Waals surface area contributed by atoms with E-state index in [-0.39, 0.29) is 17.6 Å². The molecule has 136 valence electrons. The van der Waals surface area contributed by atoms with Crippen molar-refractivity contribution in [2.24, 2.45) is 5.73 Å². The van der Waals surface area contributed by atoms with Gasteiger partial charge in [0.1, 0.15) is 12.4 Å². The van der Waals surface area contributed by atoms with Crippen molar-refractivity contribution in [1.82, 2.24) is 0 Å². The average molecular weight is 419 g/mol. The highest BCUT2D eigenvalue weighted by Crippen LogP contribution is 2.27. The second kappa shape index (κ2) is 8.33. The summed E-state index contributed by atoms with van der Waals surface area (Å²) < 4.78 is 12.0. The number of ether oxygens (including phenoxy) is 2. The first-order valence-electron chi connectivity index (χ1n) is 8.28. The number of hydrogen-bond acceptors (Lipinski definition) is 4. The average Bonchev–Trinajstić information content (AvgIpc) is 3.14. The van der Waals surface area contributed by atoms with Crippen LogP contribution in [-0.2, 0) is 4.74 Å². The van der Waals surface area contributed by atoms with Gasteiger partial charge >= 0.3 is 0 Å². The fourth-order valence-electron chi connectivity index (χ4n) is 2.72. The standard InChI is InChI=1S/C19H19BrN2O4/c20-15-10-12(7-8-17(15)26-11-13-4-3-9-25-13)19(24)22-16-6-2-1-5-14(16)18(21)23/h1-2,5-8,10,13H,3-4,9,11H2,(H2,21,23)(H,22,24)/t13-/m1/s1. The van der Waals surface area contributed by atoms with Crippen molar-refractivity contribution >= 4 is 33.4 Å². The molecule has 0 spiro atoms. The van der Waals surface area contributed by atoms with Crippen molar-refractivity contribution in [1.29, 1.82) is 0 Å². The molecule has 0 bridgehead atoms. The minimum Gasteiger partial charge on any atom is -0.490 e. The summed E-state index contributed by atoms with van der Waals surface area (Å²) >= 11 is 3.43. The van der Waals surface area contributed by atoms with Gasteiger partial charge in [0.15, 0.2) is 0 Å². The van der Waals surface area contributed by atoms with Crippen molar-refractivity contribution in [3.05, 3.63) is 58.1 Å². The molecule has 1 aliphatic heterocycles. The van der Waals surface area contributed by atoms with Crippen LogP contribution >= 0.6 is 15.9 Å². The summed E-state index contributed by atoms with van der Waals surface area (Å²) in [6.45, 7) is 1.26. The zero-order valence-electron chi connectivity index (χ0n) is 14.0. The molecule has 2 amide bonds. The number of primary amides is 1. The van der Waals surface area contributed by atoms with Crippen LogP contribution in [-0.4, -0.2) is 31.1 Å². The highest BCUT2D eigenvalue weighted by Gasteiger charge is 2.17. The number of benzene rings is 2. The molecule has 0 radical (unpaired) electrons. The molecule has 1 fully saturated rings. The second-order valence-corrected chi connectivity index (χ2v) is 6.81. The molecule has 26 heavy (non-hydrogen) atoms. The zero-order chi connectivity index (χ0) is 18.5. The molecule has 1 saturated heterocycles. The molecule has 0 unspecified atom stereocenters. The summed E-state index contributed by atoms with van der Waals surface area (Å²) in [5.74, 6) is -0.292. The molecule has 3 rings (SSSR count). The summed E-state index contributed by atoms with van der Waals surface area (Å²) in [7, 11) is 0. The van der Waals surface area contributed by atoms with Gasteiger partial charge in [-0.3, -0.25) is 9.59 Å². The normalized spacial score (nSPS) is 16.3. The van der Waals surface area contributed by atoms with E-state index in [1.807, 2.05) is 0 Å². The summed E-state index contributed by atoms with van der Waals surface area (Å²) in [4.78, 5) is 23.9. The largest absolute Gasteiger partial charge is 0.490 e. The molecular weight excluding hydrogens is 400 g/mol. The number of para-hydroxylation sites is 1. The highest BCUT2D eigenvalue weighted by atomic mass is 79.9. The molecule has 0 aliphatic carbocycles. The van der Waals surface area contributed by atoms with Gasteiger partial charge in [-0.2, -0.15) is 0 Å². The van der Waals surface area contributed by atoms with Gasteiger partial charge < -0.3 is 20.5 Å². The van der Waals surface area contributed by atoms with Gasteiger partial charge in [-0.05, 0) is 59.1 Å². The van der Waals surface area contributed by atoms with E-state index in [1.54, 1.807) is 42.5 Å². The lowest BCUT2D eigenvalue weighted by molar-refractivity contribution is 0.0677. The van der Waals surface area contributed by atoms with Crippen molar-refractivity contribution in [2.75, 3.05) is 18.5 Å². The topological polar surface area (TPSA) is 90.7 Å². The number of nitrogens with one attached hydrogen (secondary N) is 1. The van der Waals surface area contributed by atoms with E-state index < -0.39 is 5.91 Å². The predicted molar refractivity (Wildman–Crippen MR) is 102 cm³/mol. The quantitative estimate of drug-likeness (QED) is 0.752. The highest BCUT2D eigenvalue weighted by molar-refractivity contribution is 9.10. The molecule has 1 aliphatic rings. The fraction of sp³-hybridized carbons (Fsp3) is 0.263. The van der Waals surface area contributed by atoms with E-state index in [0.29, 0.717) is 28.1 Å². The molecule has 7 heteroatoms. The van der Waals surface area contributed by atoms with Gasteiger partial charge in [0.25, 0.3) is 11.8 Å². The lowest BCUT2D eigenvalue weighted by Gasteiger charge is -2.14. The third kappa shape index (κ3) is 4.42. The van der Waals surface area contributed by atoms with Crippen LogP contribution in [0.2, 0.25) is 0 Å². The number of carbonyl (C=O) groups is 2. The number of amides is 2. The molecule has 6 nitrogen and oxygen atoms in total. The molecule has 2 aromatic carbocycles. The Kier molecular flexibility index (Phi) is 5.90. The number of carbonyl (C=O) groups excluding carboxylic acids is 2. The van der Waals surface area contributed by atoms with Crippen molar-refractivity contribution in [2.45, 2.75) is 18.9 Å². The number of anilines is 1. The third-order valence-electron chi connectivity index (χ3n) is 4.08. The van der Waals surface area contributed by atoms with E-state index in [1.165, 1.54) is 0 Å². The first-order valence-corrected chi connectivity index (χ1v) is 9.08. The summed E-state index contributed by atoms with van der Waals surface area (Å²) in [6.07, 6.45) is 2.17. The maximum absolute atomic E-state index is 12.5. The maximum Gasteiger partial charge on any atom is 0.255 e. The first kappa shape index (κ1) is 18.4. The van der Waals surface area contributed by atoms with Gasteiger partial charge in [0.2, 0.25) is 0 Å². The monoisotopic (exact) mass is 418 g/mol. The van der Waals surface area contributed by atoms with Crippen LogP contribution in [0.1, 0.15) is 33.6 Å². The molecule has 0 aromatic heterocycles. The minimum absolute atomic E-state index is 0.121. The third-order valence-corrected chi connectivity index (χ3v) is 4.70. The molecule has 3 N–H and O–H groups in total. The minimum atomic E-state index is -0.597. The maximum atomic E-state index is 12.5. The van der Waals surface area contributed by atoms with Crippen LogP contribution in [0.15, 0.2) is 46.9 Å². The zero-order valence-corrected chi connectivity index (χ0v) is 15.6. The predicted octanol–water partition coefficient (Wildman–Crippen LogP) is 3.36. The van der Waals surface area contributed by atoms with Crippen molar-refractivity contribution in [3.8, 4) is 5.75 Å². The number of rotatable bonds is 6. The second-order valence-electron chi connectivity index (χ2n) is 5.96. The van der Waals surface area contributed by atoms with Crippen LogP contribution in [0.3, 0.4) is 0 Å². The number of halogens is 1. The van der Waals surface area contributed by atoms with Crippen molar-refractivity contribution < 1.29 is 19.1 Å². The summed E-state index contributed by atoms with van der Waals surface area (Å²) in [5, 5.41) is 2.71. The van der Waals surface area contributed by atoms with Crippen LogP contribution in [0.25, 0.3) is 0 Å². The van der Waals surface area contributed by atoms with E-state index in [0.717, 1.165) is 19.4 Å². The Morgan fingerprint density at radius 2 is 2.08 bits per heavy atom. The van der Waals surface area contributed by atoms with Crippen LogP contribution < -0.4 is 15.8 Å². The Hall–Kier alpha value is -2.38. The van der Waals surface area contributed by atoms with Gasteiger partial charge in [0.05, 0.1) is 21.8 Å².